The van der Waals surface area contributed by atoms with Crippen molar-refractivity contribution in [3.05, 3.63) is 48.1 Å². The summed E-state index contributed by atoms with van der Waals surface area (Å²) in [5.74, 6) is -0.00888. The van der Waals surface area contributed by atoms with Crippen LogP contribution in [0, 0.1) is 0 Å². The van der Waals surface area contributed by atoms with E-state index in [1.165, 1.54) is 0 Å². The summed E-state index contributed by atoms with van der Waals surface area (Å²) in [7, 11) is 0. The molecule has 0 unspecified atom stereocenters. The number of nitrogens with zero attached hydrogens (tertiary/aromatic N) is 4. The molecule has 0 fully saturated rings. The summed E-state index contributed by atoms with van der Waals surface area (Å²) in [5, 5.41) is 8.24. The van der Waals surface area contributed by atoms with E-state index in [1.54, 1.807) is 23.2 Å². The van der Waals surface area contributed by atoms with Gasteiger partial charge >= 0.3 is 0 Å². The van der Waals surface area contributed by atoms with E-state index >= 15 is 0 Å². The Balaban J connectivity index is 1.73. The molecule has 1 aliphatic rings. The highest BCUT2D eigenvalue weighted by molar-refractivity contribution is 5.92. The SMILES string of the molecule is C=CCOCc1nnn2c1CN(C(=O)c1ccc[nH]1)CC2. The van der Waals surface area contributed by atoms with E-state index in [2.05, 4.69) is 21.9 Å². The van der Waals surface area contributed by atoms with Crippen molar-refractivity contribution >= 4 is 5.91 Å². The van der Waals surface area contributed by atoms with Crippen molar-refractivity contribution in [1.29, 1.82) is 0 Å². The number of hydrogen-bond donors (Lipinski definition) is 1. The molecular weight excluding hydrogens is 270 g/mol. The molecule has 0 spiro atoms. The van der Waals surface area contributed by atoms with Crippen LogP contribution in [0.15, 0.2) is 31.0 Å². The number of H-pyrrole nitrogens is 1. The molecule has 7 heteroatoms. The lowest BCUT2D eigenvalue weighted by molar-refractivity contribution is 0.0697. The van der Waals surface area contributed by atoms with Crippen molar-refractivity contribution in [2.45, 2.75) is 19.7 Å². The molecule has 0 aliphatic carbocycles. The van der Waals surface area contributed by atoms with E-state index in [4.69, 9.17) is 4.74 Å². The van der Waals surface area contributed by atoms with Gasteiger partial charge in [0.15, 0.2) is 0 Å². The van der Waals surface area contributed by atoms with Gasteiger partial charge < -0.3 is 14.6 Å². The van der Waals surface area contributed by atoms with Crippen molar-refractivity contribution < 1.29 is 9.53 Å². The Bertz CT molecular complexity index is 632. The molecule has 1 aliphatic heterocycles. The lowest BCUT2D eigenvalue weighted by atomic mass is 10.2. The smallest absolute Gasteiger partial charge is 0.270 e. The molecule has 0 aromatic carbocycles. The van der Waals surface area contributed by atoms with E-state index in [0.29, 0.717) is 38.5 Å². The van der Waals surface area contributed by atoms with Gasteiger partial charge in [-0.25, -0.2) is 4.68 Å². The third kappa shape index (κ3) is 2.73. The molecule has 0 bridgehead atoms. The first-order valence-corrected chi connectivity index (χ1v) is 6.82. The Labute approximate surface area is 122 Å². The fourth-order valence-corrected chi connectivity index (χ4v) is 2.35. The molecule has 3 heterocycles. The highest BCUT2D eigenvalue weighted by Crippen LogP contribution is 2.17. The second-order valence-corrected chi connectivity index (χ2v) is 4.82. The van der Waals surface area contributed by atoms with Gasteiger partial charge in [0, 0.05) is 12.7 Å². The maximum absolute atomic E-state index is 12.4. The lowest BCUT2D eigenvalue weighted by Crippen LogP contribution is -2.39. The highest BCUT2D eigenvalue weighted by Gasteiger charge is 2.25. The summed E-state index contributed by atoms with van der Waals surface area (Å²) in [5.41, 5.74) is 2.31. The Morgan fingerprint density at radius 1 is 1.52 bits per heavy atom. The van der Waals surface area contributed by atoms with Crippen LogP contribution in [-0.4, -0.2) is 43.9 Å². The molecule has 2 aromatic rings. The molecule has 7 nitrogen and oxygen atoms in total. The summed E-state index contributed by atoms with van der Waals surface area (Å²) in [4.78, 5) is 17.1. The number of ether oxygens (including phenoxy) is 1. The van der Waals surface area contributed by atoms with Crippen LogP contribution in [0.25, 0.3) is 0 Å². The predicted molar refractivity (Wildman–Crippen MR) is 75.4 cm³/mol. The lowest BCUT2D eigenvalue weighted by Gasteiger charge is -2.27. The standard InChI is InChI=1S/C14H17N5O2/c1-2-8-21-10-12-13-9-18(6-7-19(13)17-16-12)14(20)11-4-3-5-15-11/h2-5,15H,1,6-10H2. The Hall–Kier alpha value is -2.41. The van der Waals surface area contributed by atoms with Crippen LogP contribution >= 0.6 is 0 Å². The van der Waals surface area contributed by atoms with Crippen molar-refractivity contribution in [2.75, 3.05) is 13.2 Å². The minimum atomic E-state index is -0.00888. The molecule has 2 aromatic heterocycles. The second kappa shape index (κ2) is 5.92. The average molecular weight is 287 g/mol. The number of aromatic nitrogens is 4. The summed E-state index contributed by atoms with van der Waals surface area (Å²) < 4.78 is 7.26. The Morgan fingerprint density at radius 3 is 3.19 bits per heavy atom. The number of amides is 1. The molecule has 0 radical (unpaired) electrons. The zero-order valence-corrected chi connectivity index (χ0v) is 11.7. The first kappa shape index (κ1) is 13.6. The molecule has 1 N–H and O–H groups in total. The van der Waals surface area contributed by atoms with E-state index < -0.39 is 0 Å². The minimum Gasteiger partial charge on any atom is -0.371 e. The number of fused-ring (bicyclic) bond motifs is 1. The maximum atomic E-state index is 12.4. The second-order valence-electron chi connectivity index (χ2n) is 4.82. The zero-order valence-electron chi connectivity index (χ0n) is 11.7. The van der Waals surface area contributed by atoms with Crippen molar-refractivity contribution in [1.82, 2.24) is 24.9 Å². The first-order valence-electron chi connectivity index (χ1n) is 6.82. The monoisotopic (exact) mass is 287 g/mol. The fourth-order valence-electron chi connectivity index (χ4n) is 2.35. The van der Waals surface area contributed by atoms with Crippen LogP contribution in [0.5, 0.6) is 0 Å². The van der Waals surface area contributed by atoms with Crippen LogP contribution < -0.4 is 0 Å². The normalized spacial score (nSPS) is 14.0. The van der Waals surface area contributed by atoms with Crippen LogP contribution in [0.1, 0.15) is 21.9 Å². The summed E-state index contributed by atoms with van der Waals surface area (Å²) in [6.07, 6.45) is 3.44. The zero-order chi connectivity index (χ0) is 14.7. The van der Waals surface area contributed by atoms with Gasteiger partial charge in [-0.1, -0.05) is 11.3 Å². The van der Waals surface area contributed by atoms with Gasteiger partial charge in [-0.2, -0.15) is 0 Å². The van der Waals surface area contributed by atoms with E-state index in [0.717, 1.165) is 11.4 Å². The number of nitrogens with one attached hydrogen (secondary N) is 1. The van der Waals surface area contributed by atoms with Crippen LogP contribution in [0.4, 0.5) is 0 Å². The highest BCUT2D eigenvalue weighted by atomic mass is 16.5. The largest absolute Gasteiger partial charge is 0.371 e. The topological polar surface area (TPSA) is 76.0 Å². The fraction of sp³-hybridized carbons (Fsp3) is 0.357. The summed E-state index contributed by atoms with van der Waals surface area (Å²) in [6, 6.07) is 3.60. The molecule has 0 saturated heterocycles. The van der Waals surface area contributed by atoms with Crippen LogP contribution in [0.2, 0.25) is 0 Å². The number of carbonyl (C=O) groups excluding carboxylic acids is 1. The van der Waals surface area contributed by atoms with Crippen LogP contribution in [0.3, 0.4) is 0 Å². The van der Waals surface area contributed by atoms with Gasteiger partial charge in [0.2, 0.25) is 0 Å². The molecule has 1 amide bonds. The molecule has 3 rings (SSSR count). The first-order chi connectivity index (χ1) is 10.3. The maximum Gasteiger partial charge on any atom is 0.270 e. The van der Waals surface area contributed by atoms with Gasteiger partial charge in [-0.3, -0.25) is 4.79 Å². The van der Waals surface area contributed by atoms with E-state index in [-0.39, 0.29) is 5.91 Å². The number of aromatic amines is 1. The van der Waals surface area contributed by atoms with Gasteiger partial charge in [0.05, 0.1) is 32.0 Å². The third-order valence-corrected chi connectivity index (χ3v) is 3.43. The quantitative estimate of drug-likeness (QED) is 0.656. The minimum absolute atomic E-state index is 0.00888. The van der Waals surface area contributed by atoms with Crippen molar-refractivity contribution in [3.63, 3.8) is 0 Å². The molecular formula is C14H17N5O2. The molecule has 110 valence electrons. The van der Waals surface area contributed by atoms with Crippen LogP contribution in [-0.2, 0) is 24.4 Å². The average Bonchev–Trinajstić information content (AvgIpc) is 3.16. The molecule has 0 saturated carbocycles. The predicted octanol–water partition coefficient (Wildman–Crippen LogP) is 0.965. The molecule has 21 heavy (non-hydrogen) atoms. The van der Waals surface area contributed by atoms with E-state index in [9.17, 15) is 4.79 Å². The van der Waals surface area contributed by atoms with Gasteiger partial charge in [-0.15, -0.1) is 11.7 Å². The summed E-state index contributed by atoms with van der Waals surface area (Å²) >= 11 is 0. The van der Waals surface area contributed by atoms with Gasteiger partial charge in [0.1, 0.15) is 11.4 Å². The van der Waals surface area contributed by atoms with Crippen molar-refractivity contribution in [3.8, 4) is 0 Å². The number of rotatable bonds is 5. The Kier molecular flexibility index (Phi) is 3.83. The Morgan fingerprint density at radius 2 is 2.43 bits per heavy atom. The number of hydrogen-bond acceptors (Lipinski definition) is 4. The van der Waals surface area contributed by atoms with Gasteiger partial charge in [0.25, 0.3) is 5.91 Å². The molecule has 0 atom stereocenters. The summed E-state index contributed by atoms with van der Waals surface area (Å²) in [6.45, 7) is 6.23. The van der Waals surface area contributed by atoms with E-state index in [1.807, 2.05) is 10.7 Å². The number of carbonyl (C=O) groups is 1. The van der Waals surface area contributed by atoms with Crippen molar-refractivity contribution in [2.24, 2.45) is 0 Å². The van der Waals surface area contributed by atoms with Gasteiger partial charge in [-0.05, 0) is 12.1 Å². The third-order valence-electron chi connectivity index (χ3n) is 3.43.